The Hall–Kier alpha value is -1.27. The van der Waals surface area contributed by atoms with E-state index in [1.165, 1.54) is 28.8 Å². The summed E-state index contributed by atoms with van der Waals surface area (Å²) >= 11 is 7.26. The number of hydrogen-bond donors (Lipinski definition) is 0. The Bertz CT molecular complexity index is 622. The van der Waals surface area contributed by atoms with Gasteiger partial charge in [0.05, 0.1) is 11.4 Å². The Morgan fingerprint density at radius 2 is 1.96 bits per heavy atom. The lowest BCUT2D eigenvalue weighted by atomic mass is 10.1. The average molecular weight is 357 g/mol. The normalized spacial score (nSPS) is 21.6. The van der Waals surface area contributed by atoms with Crippen molar-refractivity contribution in [1.29, 1.82) is 0 Å². The van der Waals surface area contributed by atoms with Crippen LogP contribution in [0, 0.1) is 5.82 Å². The third-order valence-corrected chi connectivity index (χ3v) is 5.50. The second-order valence-electron chi connectivity index (χ2n) is 5.80. The van der Waals surface area contributed by atoms with Crippen LogP contribution in [0.3, 0.4) is 0 Å². The molecule has 1 aromatic carbocycles. The maximum Gasteiger partial charge on any atom is 0.258 e. The van der Waals surface area contributed by atoms with E-state index in [0.29, 0.717) is 11.6 Å². The SMILES string of the molecule is O=C([C@@H]1CSCN1C(=O)c1ccc(Cl)cc1F)N1CCCCC1. The number of piperidine rings is 1. The summed E-state index contributed by atoms with van der Waals surface area (Å²) in [5.74, 6) is -0.137. The van der Waals surface area contributed by atoms with Crippen molar-refractivity contribution in [2.75, 3.05) is 24.7 Å². The number of thioether (sulfide) groups is 1. The minimum Gasteiger partial charge on any atom is -0.341 e. The summed E-state index contributed by atoms with van der Waals surface area (Å²) in [6.45, 7) is 1.49. The molecule has 4 nitrogen and oxygen atoms in total. The summed E-state index contributed by atoms with van der Waals surface area (Å²) in [5, 5.41) is 0.246. The van der Waals surface area contributed by atoms with Crippen LogP contribution in [0.25, 0.3) is 0 Å². The molecule has 2 heterocycles. The van der Waals surface area contributed by atoms with Gasteiger partial charge in [-0.1, -0.05) is 11.6 Å². The average Bonchev–Trinajstić information content (AvgIpc) is 3.04. The zero-order valence-corrected chi connectivity index (χ0v) is 14.2. The fourth-order valence-electron chi connectivity index (χ4n) is 2.99. The predicted octanol–water partition coefficient (Wildman–Crippen LogP) is 3.01. The number of amides is 2. The van der Waals surface area contributed by atoms with E-state index < -0.39 is 17.8 Å². The van der Waals surface area contributed by atoms with E-state index >= 15 is 0 Å². The quantitative estimate of drug-likeness (QED) is 0.818. The molecule has 7 heteroatoms. The van der Waals surface area contributed by atoms with Crippen molar-refractivity contribution < 1.29 is 14.0 Å². The van der Waals surface area contributed by atoms with Crippen LogP contribution in [0.5, 0.6) is 0 Å². The Kier molecular flexibility index (Phi) is 5.11. The largest absolute Gasteiger partial charge is 0.341 e. The first-order valence-electron chi connectivity index (χ1n) is 7.70. The second-order valence-corrected chi connectivity index (χ2v) is 7.24. The van der Waals surface area contributed by atoms with Gasteiger partial charge in [-0.3, -0.25) is 9.59 Å². The van der Waals surface area contributed by atoms with Gasteiger partial charge in [0.2, 0.25) is 5.91 Å². The fraction of sp³-hybridized carbons (Fsp3) is 0.500. The summed E-state index contributed by atoms with van der Waals surface area (Å²) in [4.78, 5) is 28.6. The maximum atomic E-state index is 14.0. The Balaban J connectivity index is 1.77. The Morgan fingerprint density at radius 3 is 2.65 bits per heavy atom. The summed E-state index contributed by atoms with van der Waals surface area (Å²) in [6.07, 6.45) is 3.15. The van der Waals surface area contributed by atoms with Gasteiger partial charge in [0.15, 0.2) is 0 Å². The van der Waals surface area contributed by atoms with Gasteiger partial charge in [-0.05, 0) is 37.5 Å². The number of benzene rings is 1. The van der Waals surface area contributed by atoms with Crippen LogP contribution >= 0.6 is 23.4 Å². The van der Waals surface area contributed by atoms with Gasteiger partial charge in [-0.15, -0.1) is 11.8 Å². The number of rotatable bonds is 2. The number of carbonyl (C=O) groups excluding carboxylic acids is 2. The molecule has 23 heavy (non-hydrogen) atoms. The molecule has 1 aromatic rings. The molecule has 0 aliphatic carbocycles. The third-order valence-electron chi connectivity index (χ3n) is 4.26. The van der Waals surface area contributed by atoms with Crippen molar-refractivity contribution in [2.24, 2.45) is 0 Å². The number of halogens is 2. The molecule has 0 unspecified atom stereocenters. The van der Waals surface area contributed by atoms with Crippen LogP contribution in [0.1, 0.15) is 29.6 Å². The van der Waals surface area contributed by atoms with Crippen molar-refractivity contribution in [3.63, 3.8) is 0 Å². The molecule has 2 aliphatic heterocycles. The molecule has 0 spiro atoms. The smallest absolute Gasteiger partial charge is 0.258 e. The van der Waals surface area contributed by atoms with Gasteiger partial charge in [-0.25, -0.2) is 4.39 Å². The van der Waals surface area contributed by atoms with E-state index in [9.17, 15) is 14.0 Å². The first kappa shape index (κ1) is 16.6. The minimum absolute atomic E-state index is 0.0163. The van der Waals surface area contributed by atoms with Gasteiger partial charge < -0.3 is 9.80 Å². The highest BCUT2D eigenvalue weighted by molar-refractivity contribution is 7.99. The van der Waals surface area contributed by atoms with E-state index in [4.69, 9.17) is 11.6 Å². The molecule has 0 saturated carbocycles. The minimum atomic E-state index is -0.649. The first-order chi connectivity index (χ1) is 11.1. The van der Waals surface area contributed by atoms with Crippen LogP contribution in [0.2, 0.25) is 5.02 Å². The monoisotopic (exact) mass is 356 g/mol. The number of carbonyl (C=O) groups is 2. The first-order valence-corrected chi connectivity index (χ1v) is 9.24. The zero-order valence-electron chi connectivity index (χ0n) is 12.6. The molecule has 0 N–H and O–H groups in total. The van der Waals surface area contributed by atoms with E-state index in [2.05, 4.69) is 0 Å². The lowest BCUT2D eigenvalue weighted by Crippen LogP contribution is -2.50. The number of hydrogen-bond acceptors (Lipinski definition) is 3. The summed E-state index contributed by atoms with van der Waals surface area (Å²) < 4.78 is 14.0. The lowest BCUT2D eigenvalue weighted by molar-refractivity contribution is -0.135. The molecular weight excluding hydrogens is 339 g/mol. The molecule has 0 bridgehead atoms. The predicted molar refractivity (Wildman–Crippen MR) is 89.1 cm³/mol. The molecule has 2 aliphatic rings. The third kappa shape index (κ3) is 3.48. The van der Waals surface area contributed by atoms with Crippen LogP contribution in [-0.4, -0.2) is 52.4 Å². The van der Waals surface area contributed by atoms with Crippen molar-refractivity contribution >= 4 is 35.2 Å². The van der Waals surface area contributed by atoms with Crippen LogP contribution in [-0.2, 0) is 4.79 Å². The van der Waals surface area contributed by atoms with E-state index in [1.807, 2.05) is 4.90 Å². The summed E-state index contributed by atoms with van der Waals surface area (Å²) in [6, 6.07) is 3.49. The molecule has 1 atom stereocenters. The summed E-state index contributed by atoms with van der Waals surface area (Å²) in [5.41, 5.74) is -0.0339. The number of nitrogens with zero attached hydrogens (tertiary/aromatic N) is 2. The molecule has 0 radical (unpaired) electrons. The molecule has 0 aromatic heterocycles. The van der Waals surface area contributed by atoms with Gasteiger partial charge >= 0.3 is 0 Å². The molecule has 124 valence electrons. The van der Waals surface area contributed by atoms with E-state index in [-0.39, 0.29) is 16.5 Å². The van der Waals surface area contributed by atoms with Crippen LogP contribution < -0.4 is 0 Å². The van der Waals surface area contributed by atoms with Gasteiger partial charge in [0, 0.05) is 23.9 Å². The van der Waals surface area contributed by atoms with Crippen molar-refractivity contribution in [3.8, 4) is 0 Å². The molecule has 2 amide bonds. The van der Waals surface area contributed by atoms with Crippen molar-refractivity contribution in [1.82, 2.24) is 9.80 Å². The molecule has 2 saturated heterocycles. The highest BCUT2D eigenvalue weighted by Crippen LogP contribution is 2.27. The van der Waals surface area contributed by atoms with Gasteiger partial charge in [-0.2, -0.15) is 0 Å². The number of likely N-dealkylation sites (tertiary alicyclic amines) is 1. The van der Waals surface area contributed by atoms with Crippen molar-refractivity contribution in [3.05, 3.63) is 34.6 Å². The highest BCUT2D eigenvalue weighted by atomic mass is 35.5. The summed E-state index contributed by atoms with van der Waals surface area (Å²) in [7, 11) is 0. The highest BCUT2D eigenvalue weighted by Gasteiger charge is 2.38. The molecule has 3 rings (SSSR count). The van der Waals surface area contributed by atoms with Crippen molar-refractivity contribution in [2.45, 2.75) is 25.3 Å². The fourth-order valence-corrected chi connectivity index (χ4v) is 4.29. The molecule has 2 fully saturated rings. The van der Waals surface area contributed by atoms with E-state index in [0.717, 1.165) is 38.4 Å². The Morgan fingerprint density at radius 1 is 1.22 bits per heavy atom. The van der Waals surface area contributed by atoms with E-state index in [1.54, 1.807) is 0 Å². The van der Waals surface area contributed by atoms with Crippen LogP contribution in [0.4, 0.5) is 4.39 Å². The zero-order chi connectivity index (χ0) is 16.4. The lowest BCUT2D eigenvalue weighted by Gasteiger charge is -2.32. The molecular formula is C16H18ClFN2O2S. The standard InChI is InChI=1S/C16H18ClFN2O2S/c17-11-4-5-12(13(18)8-11)15(21)20-10-23-9-14(20)16(22)19-6-2-1-3-7-19/h4-5,8,14H,1-3,6-7,9-10H2/t14-/m0/s1. The maximum absolute atomic E-state index is 14.0. The van der Waals surface area contributed by atoms with Crippen LogP contribution in [0.15, 0.2) is 18.2 Å². The Labute approximate surface area is 144 Å². The van der Waals surface area contributed by atoms with Gasteiger partial charge in [0.1, 0.15) is 11.9 Å². The van der Waals surface area contributed by atoms with Gasteiger partial charge in [0.25, 0.3) is 5.91 Å². The topological polar surface area (TPSA) is 40.6 Å². The second kappa shape index (κ2) is 7.09.